The fourth-order valence-electron chi connectivity index (χ4n) is 0.990. The van der Waals surface area contributed by atoms with E-state index in [1.807, 2.05) is 6.07 Å². The summed E-state index contributed by atoms with van der Waals surface area (Å²) in [6.45, 7) is 7.83. The van der Waals surface area contributed by atoms with E-state index < -0.39 is 0 Å². The Labute approximate surface area is 88.4 Å². The molecule has 1 aromatic rings. The molecule has 0 aliphatic rings. The average molecular weight is 195 g/mol. The first-order valence-corrected chi connectivity index (χ1v) is 4.51. The van der Waals surface area contributed by atoms with Crippen molar-refractivity contribution in [3.05, 3.63) is 23.8 Å². The molecule has 2 N–H and O–H groups in total. The van der Waals surface area contributed by atoms with Crippen LogP contribution in [-0.4, -0.2) is 19.4 Å². The van der Waals surface area contributed by atoms with Gasteiger partial charge in [-0.25, -0.2) is 0 Å². The molecule has 77 valence electrons. The van der Waals surface area contributed by atoms with E-state index in [9.17, 15) is 5.11 Å². The van der Waals surface area contributed by atoms with Crippen LogP contribution in [0.5, 0.6) is 11.5 Å². The van der Waals surface area contributed by atoms with Crippen LogP contribution < -0.4 is 0 Å². The fourth-order valence-corrected chi connectivity index (χ4v) is 0.990. The summed E-state index contributed by atoms with van der Waals surface area (Å²) in [4.78, 5) is 0. The van der Waals surface area contributed by atoms with E-state index in [0.29, 0.717) is 0 Å². The third-order valence-electron chi connectivity index (χ3n) is 1.84. The molecule has 1 rings (SSSR count). The van der Waals surface area contributed by atoms with Gasteiger partial charge in [0.1, 0.15) is 0 Å². The maximum absolute atomic E-state index is 9.21. The van der Waals surface area contributed by atoms with Gasteiger partial charge in [0.05, 0.1) is 7.81 Å². The largest absolute Gasteiger partial charge is 0.504 e. The topological polar surface area (TPSA) is 40.5 Å². The van der Waals surface area contributed by atoms with Crippen molar-refractivity contribution >= 4 is 7.81 Å². The van der Waals surface area contributed by atoms with Crippen molar-refractivity contribution in [3.8, 4) is 11.5 Å². The number of rotatable bonds is 0. The van der Waals surface area contributed by atoms with Crippen molar-refractivity contribution in [2.24, 2.45) is 0 Å². The second-order valence-corrected chi connectivity index (χ2v) is 3.95. The SMILES string of the molecule is CC(C)(C)c1ccc(O)c(O)c1.[3H][B]C. The third kappa shape index (κ3) is 3.33. The van der Waals surface area contributed by atoms with Crippen LogP contribution >= 0.6 is 0 Å². The zero-order chi connectivity index (χ0) is 12.1. The predicted molar refractivity (Wildman–Crippen MR) is 61.5 cm³/mol. The molecule has 0 saturated heterocycles. The van der Waals surface area contributed by atoms with E-state index in [0.717, 1.165) is 5.56 Å². The molecule has 0 unspecified atom stereocenters. The first-order valence-electron chi connectivity index (χ1n) is 5.09. The summed E-state index contributed by atoms with van der Waals surface area (Å²) in [5.41, 5.74) is 1.02. The van der Waals surface area contributed by atoms with Gasteiger partial charge in [0.25, 0.3) is 0 Å². The van der Waals surface area contributed by atoms with Crippen LogP contribution in [0.4, 0.5) is 0 Å². The summed E-state index contributed by atoms with van der Waals surface area (Å²) < 4.78 is 6.08. The lowest BCUT2D eigenvalue weighted by Crippen LogP contribution is -2.10. The highest BCUT2D eigenvalue weighted by molar-refractivity contribution is 6.05. The molecular formula is C11H18BO2. The molecule has 0 aromatic heterocycles. The minimum Gasteiger partial charge on any atom is -0.504 e. The minimum atomic E-state index is -0.0667. The highest BCUT2D eigenvalue weighted by Gasteiger charge is 2.14. The van der Waals surface area contributed by atoms with Gasteiger partial charge in [0.15, 0.2) is 11.5 Å². The van der Waals surface area contributed by atoms with E-state index in [2.05, 4.69) is 20.8 Å². The number of phenolic OH excluding ortho intramolecular Hbond substituents is 2. The number of benzene rings is 1. The van der Waals surface area contributed by atoms with Crippen LogP contribution in [0.2, 0.25) is 6.82 Å². The summed E-state index contributed by atoms with van der Waals surface area (Å²) >= 11 is 0. The highest BCUT2D eigenvalue weighted by Crippen LogP contribution is 2.30. The Morgan fingerprint density at radius 2 is 1.71 bits per heavy atom. The van der Waals surface area contributed by atoms with Crippen molar-refractivity contribution in [1.29, 1.82) is 1.34 Å². The lowest BCUT2D eigenvalue weighted by molar-refractivity contribution is 0.401. The molecule has 0 heterocycles. The Kier molecular flexibility index (Phi) is 3.87. The van der Waals surface area contributed by atoms with Gasteiger partial charge in [-0.1, -0.05) is 33.7 Å². The van der Waals surface area contributed by atoms with Crippen molar-refractivity contribution < 1.29 is 10.2 Å². The van der Waals surface area contributed by atoms with E-state index >= 15 is 0 Å². The van der Waals surface area contributed by atoms with Gasteiger partial charge in [0, 0.05) is 0 Å². The normalized spacial score (nSPS) is 11.0. The summed E-state index contributed by atoms with van der Waals surface area (Å²) in [7, 11) is 1.25. The van der Waals surface area contributed by atoms with Crippen LogP contribution in [0.3, 0.4) is 0 Å². The number of phenols is 2. The van der Waals surface area contributed by atoms with Crippen molar-refractivity contribution in [3.63, 3.8) is 0 Å². The average Bonchev–Trinajstić information content (AvgIpc) is 2.09. The van der Waals surface area contributed by atoms with Gasteiger partial charge in [0.2, 0.25) is 0 Å². The molecule has 0 fully saturated rings. The first-order chi connectivity index (χ1) is 6.82. The molecule has 0 amide bonds. The molecule has 0 aliphatic heterocycles. The molecule has 0 spiro atoms. The monoisotopic (exact) mass is 195 g/mol. The molecule has 1 radical (unpaired) electrons. The quantitative estimate of drug-likeness (QED) is 0.492. The van der Waals surface area contributed by atoms with E-state index in [4.69, 9.17) is 6.44 Å². The van der Waals surface area contributed by atoms with Gasteiger partial charge >= 0.3 is 0 Å². The maximum Gasteiger partial charge on any atom is 0.157 e. The van der Waals surface area contributed by atoms with Crippen molar-refractivity contribution in [2.45, 2.75) is 33.0 Å². The van der Waals surface area contributed by atoms with E-state index in [-0.39, 0.29) is 16.9 Å². The molecule has 0 saturated carbocycles. The second-order valence-electron chi connectivity index (χ2n) is 3.95. The summed E-state index contributed by atoms with van der Waals surface area (Å²) in [6, 6.07) is 4.92. The second kappa shape index (κ2) is 4.94. The first kappa shape index (κ1) is 11.0. The van der Waals surface area contributed by atoms with Gasteiger partial charge in [-0.2, -0.15) is 0 Å². The smallest absolute Gasteiger partial charge is 0.157 e. The summed E-state index contributed by atoms with van der Waals surface area (Å²) in [5, 5.41) is 18.3. The minimum absolute atomic E-state index is 0.00514. The van der Waals surface area contributed by atoms with Crippen molar-refractivity contribution in [1.82, 2.24) is 0 Å². The van der Waals surface area contributed by atoms with E-state index in [1.165, 1.54) is 13.9 Å². The zero-order valence-corrected chi connectivity index (χ0v) is 9.20. The van der Waals surface area contributed by atoms with Gasteiger partial charge in [-0.3, -0.25) is 0 Å². The zero-order valence-electron chi connectivity index (χ0n) is 10.2. The third-order valence-corrected chi connectivity index (χ3v) is 1.84. The van der Waals surface area contributed by atoms with Crippen LogP contribution in [0.1, 0.15) is 26.3 Å². The molecule has 2 nitrogen and oxygen atoms in total. The highest BCUT2D eigenvalue weighted by atomic mass is 16.3. The van der Waals surface area contributed by atoms with Gasteiger partial charge < -0.3 is 10.2 Å². The fraction of sp³-hybridized carbons (Fsp3) is 0.455. The molecule has 0 atom stereocenters. The Balaban J connectivity index is 0.000000583. The summed E-state index contributed by atoms with van der Waals surface area (Å²) in [5.74, 6) is -0.120. The Morgan fingerprint density at radius 1 is 1.21 bits per heavy atom. The summed E-state index contributed by atoms with van der Waals surface area (Å²) in [6.07, 6.45) is 0. The maximum atomic E-state index is 9.21. The number of hydrogen-bond acceptors (Lipinski definition) is 2. The van der Waals surface area contributed by atoms with Crippen LogP contribution in [0, 0.1) is 0 Å². The molecule has 1 aromatic carbocycles. The Bertz CT molecular complexity index is 308. The Hall–Kier alpha value is -1.12. The number of aromatic hydroxyl groups is 2. The van der Waals surface area contributed by atoms with Gasteiger partial charge in [-0.15, -0.1) is 0 Å². The van der Waals surface area contributed by atoms with Crippen LogP contribution in [0.15, 0.2) is 18.2 Å². The standard InChI is InChI=1S/C10H14O2.CH4B/c1-10(2,3)7-4-5-8(11)9(12)6-7;1-2/h4-6,11-12H,1-3H3;2H,1H3/i;2T. The van der Waals surface area contributed by atoms with E-state index in [1.54, 1.807) is 12.9 Å². The Morgan fingerprint density at radius 3 is 2.07 bits per heavy atom. The van der Waals surface area contributed by atoms with Crippen LogP contribution in [-0.2, 0) is 5.41 Å². The molecular weight excluding hydrogens is 175 g/mol. The molecule has 14 heavy (non-hydrogen) atoms. The molecule has 0 bridgehead atoms. The lowest BCUT2D eigenvalue weighted by Gasteiger charge is -2.19. The lowest BCUT2D eigenvalue weighted by atomic mass is 9.87. The predicted octanol–water partition coefficient (Wildman–Crippen LogP) is 2.33. The number of hydrogen-bond donors (Lipinski definition) is 2. The van der Waals surface area contributed by atoms with Crippen LogP contribution in [0.25, 0.3) is 0 Å². The molecule has 0 aliphatic carbocycles. The van der Waals surface area contributed by atoms with Gasteiger partial charge in [-0.05, 0) is 24.4 Å². The van der Waals surface area contributed by atoms with Crippen molar-refractivity contribution in [2.75, 3.05) is 0 Å². The molecule has 3 heteroatoms.